The van der Waals surface area contributed by atoms with Crippen molar-refractivity contribution in [3.8, 4) is 11.5 Å². The Morgan fingerprint density at radius 2 is 1.50 bits per heavy atom. The molecule has 2 bridgehead atoms. The van der Waals surface area contributed by atoms with E-state index in [1.54, 1.807) is 41.3 Å². The summed E-state index contributed by atoms with van der Waals surface area (Å²) in [7, 11) is 0. The van der Waals surface area contributed by atoms with E-state index in [0.29, 0.717) is 40.4 Å². The summed E-state index contributed by atoms with van der Waals surface area (Å²) < 4.78 is 17.9. The van der Waals surface area contributed by atoms with Crippen LogP contribution >= 0.6 is 0 Å². The first-order valence-electron chi connectivity index (χ1n) is 24.3. The third-order valence-electron chi connectivity index (χ3n) is 13.3. The fourth-order valence-electron chi connectivity index (χ4n) is 9.34. The fourth-order valence-corrected chi connectivity index (χ4v) is 9.34. The summed E-state index contributed by atoms with van der Waals surface area (Å²) in [5, 5.41) is 31.0. The molecule has 0 aliphatic carbocycles. The van der Waals surface area contributed by atoms with Gasteiger partial charge in [0, 0.05) is 43.3 Å². The van der Waals surface area contributed by atoms with Crippen LogP contribution in [-0.4, -0.2) is 88.5 Å². The summed E-state index contributed by atoms with van der Waals surface area (Å²) in [6.45, 7) is 4.18. The van der Waals surface area contributed by atoms with Crippen LogP contribution in [0.4, 0.5) is 15.3 Å². The zero-order chi connectivity index (χ0) is 49.8. The molecule has 10 rings (SSSR count). The Labute approximate surface area is 417 Å². The zero-order valence-corrected chi connectivity index (χ0v) is 39.7. The number of H-pyrrole nitrogens is 1. The lowest BCUT2D eigenvalue weighted by Crippen LogP contribution is -2.52. The first-order valence-corrected chi connectivity index (χ1v) is 24.3. The Balaban J connectivity index is 0.751. The molecule has 1 aromatic heterocycles. The van der Waals surface area contributed by atoms with Gasteiger partial charge in [-0.05, 0) is 114 Å². The number of aliphatic hydroxyl groups excluding tert-OH is 1. The fraction of sp³-hybridized carbons (Fsp3) is 0.263. The highest BCUT2D eigenvalue weighted by Gasteiger charge is 2.37. The number of pyridine rings is 1. The molecule has 0 spiro atoms. The van der Waals surface area contributed by atoms with Gasteiger partial charge in [-0.15, -0.1) is 0 Å². The van der Waals surface area contributed by atoms with E-state index in [9.17, 15) is 29.4 Å². The number of anilines is 1. The number of fused-ring (bicyclic) bond motifs is 4. The van der Waals surface area contributed by atoms with E-state index in [1.807, 2.05) is 109 Å². The SMILES string of the molecule is O=C(NC(c1ccccc1)c1cccc(OCc2ccc(C(=O)OCCN(Cc3ccccc3)C(=O)Nc3ccc(CNC[C@H](O)c4ccc(O)c5[nH]c(=O)ccc45)cc3)cc2)c1)O[C@H]1CN2CCC1CC2. The Kier molecular flexibility index (Phi) is 15.9. The molecule has 0 saturated carbocycles. The minimum absolute atomic E-state index is 0.0368. The van der Waals surface area contributed by atoms with Crippen LogP contribution in [0, 0.1) is 5.92 Å². The van der Waals surface area contributed by atoms with Gasteiger partial charge in [0.25, 0.3) is 0 Å². The van der Waals surface area contributed by atoms with Gasteiger partial charge in [-0.3, -0.25) is 9.69 Å². The Hall–Kier alpha value is -7.98. The average Bonchev–Trinajstić information content (AvgIpc) is 3.41. The molecular weight excluding hydrogens is 913 g/mol. The zero-order valence-electron chi connectivity index (χ0n) is 39.7. The minimum atomic E-state index is -0.904. The molecule has 3 fully saturated rings. The number of amides is 3. The number of nitrogens with zero attached hydrogens (tertiary/aromatic N) is 2. The number of hydrogen-bond donors (Lipinski definition) is 6. The monoisotopic (exact) mass is 970 g/mol. The van der Waals surface area contributed by atoms with Gasteiger partial charge in [0.1, 0.15) is 30.8 Å². The molecule has 3 saturated heterocycles. The Morgan fingerprint density at radius 3 is 2.24 bits per heavy atom. The van der Waals surface area contributed by atoms with Gasteiger partial charge in [-0.25, -0.2) is 14.4 Å². The molecule has 15 heteroatoms. The smallest absolute Gasteiger partial charge is 0.408 e. The summed E-state index contributed by atoms with van der Waals surface area (Å²) in [4.78, 5) is 58.5. The van der Waals surface area contributed by atoms with Crippen molar-refractivity contribution < 1.29 is 38.8 Å². The number of phenolic OH excluding ortho intramolecular Hbond substituents is 1. The van der Waals surface area contributed by atoms with E-state index < -0.39 is 24.2 Å². The highest BCUT2D eigenvalue weighted by Crippen LogP contribution is 2.32. The first-order chi connectivity index (χ1) is 35.1. The predicted octanol–water partition coefficient (Wildman–Crippen LogP) is 8.44. The summed E-state index contributed by atoms with van der Waals surface area (Å²) in [5.41, 5.74) is 5.86. The van der Waals surface area contributed by atoms with E-state index >= 15 is 0 Å². The van der Waals surface area contributed by atoms with Crippen molar-refractivity contribution in [2.75, 3.05) is 44.6 Å². The lowest BCUT2D eigenvalue weighted by atomic mass is 9.86. The number of hydrogen-bond acceptors (Lipinski definition) is 11. The number of carbonyl (C=O) groups excluding carboxylic acids is 3. The third kappa shape index (κ3) is 12.7. The molecule has 6 aromatic carbocycles. The first kappa shape index (κ1) is 49.0. The van der Waals surface area contributed by atoms with Gasteiger partial charge in [-0.1, -0.05) is 103 Å². The molecular formula is C57H58N6O9. The second-order valence-corrected chi connectivity index (χ2v) is 18.2. The van der Waals surface area contributed by atoms with Gasteiger partial charge in [-0.2, -0.15) is 0 Å². The molecule has 7 aromatic rings. The number of urea groups is 1. The Bertz CT molecular complexity index is 3000. The molecule has 3 amide bonds. The van der Waals surface area contributed by atoms with Crippen molar-refractivity contribution in [1.82, 2.24) is 25.4 Å². The van der Waals surface area contributed by atoms with Crippen LogP contribution in [0.25, 0.3) is 10.9 Å². The maximum atomic E-state index is 13.7. The summed E-state index contributed by atoms with van der Waals surface area (Å²) in [6, 6.07) is 46.5. The topological polar surface area (TPSA) is 195 Å². The standard InChI is InChI=1S/C57H58N6O9/c64-49-24-22-47(48-23-25-52(66)60-54(48)49)50(65)34-58-33-38-16-20-45(21-17-38)59-56(68)63(35-39-8-3-1-4-9-39)30-31-70-55(67)43-18-14-40(15-19-43)37-71-46-13-7-12-44(32-46)53(42-10-5-2-6-11-42)61-57(69)72-51-36-62-28-26-41(51)27-29-62/h1-25,32,41,50-51,53,58,64-65H,26-31,33-37H2,(H,59,68)(H,60,66)(H,61,69)/t50-,51-,53?/m0/s1. The maximum Gasteiger partial charge on any atom is 0.408 e. The number of alkyl carbamates (subject to hydrolysis) is 1. The van der Waals surface area contributed by atoms with Crippen LogP contribution in [0.15, 0.2) is 163 Å². The number of phenols is 1. The average molecular weight is 971 g/mol. The van der Waals surface area contributed by atoms with E-state index in [2.05, 4.69) is 25.8 Å². The summed E-state index contributed by atoms with van der Waals surface area (Å²) in [5.74, 6) is 0.425. The second kappa shape index (κ2) is 23.3. The number of esters is 1. The van der Waals surface area contributed by atoms with Gasteiger partial charge in [0.2, 0.25) is 5.56 Å². The minimum Gasteiger partial charge on any atom is -0.506 e. The third-order valence-corrected chi connectivity index (χ3v) is 13.3. The van der Waals surface area contributed by atoms with Crippen molar-refractivity contribution in [3.05, 3.63) is 207 Å². The van der Waals surface area contributed by atoms with Gasteiger partial charge in [0.05, 0.1) is 29.8 Å². The van der Waals surface area contributed by atoms with Crippen LogP contribution < -0.4 is 26.2 Å². The number of benzene rings is 6. The molecule has 370 valence electrons. The van der Waals surface area contributed by atoms with Crippen molar-refractivity contribution in [1.29, 1.82) is 0 Å². The largest absolute Gasteiger partial charge is 0.506 e. The molecule has 3 atom stereocenters. The summed E-state index contributed by atoms with van der Waals surface area (Å²) >= 11 is 0. The quantitative estimate of drug-likeness (QED) is 0.0426. The van der Waals surface area contributed by atoms with Crippen LogP contribution in [0.5, 0.6) is 11.5 Å². The molecule has 4 heterocycles. The number of carbonyl (C=O) groups is 3. The van der Waals surface area contributed by atoms with Crippen LogP contribution in [0.1, 0.15) is 68.7 Å². The van der Waals surface area contributed by atoms with Crippen LogP contribution in [-0.2, 0) is 29.2 Å². The lowest BCUT2D eigenvalue weighted by Gasteiger charge is -2.43. The van der Waals surface area contributed by atoms with E-state index in [1.165, 1.54) is 12.1 Å². The molecule has 6 N–H and O–H groups in total. The van der Waals surface area contributed by atoms with Gasteiger partial charge in [0.15, 0.2) is 0 Å². The lowest BCUT2D eigenvalue weighted by molar-refractivity contribution is -0.0336. The number of aromatic amines is 1. The number of nitrogens with one attached hydrogen (secondary N) is 4. The number of ether oxygens (including phenoxy) is 3. The molecule has 3 aliphatic rings. The van der Waals surface area contributed by atoms with Crippen molar-refractivity contribution >= 4 is 34.7 Å². The highest BCUT2D eigenvalue weighted by atomic mass is 16.6. The maximum absolute atomic E-state index is 13.7. The Morgan fingerprint density at radius 1 is 0.778 bits per heavy atom. The van der Waals surface area contributed by atoms with Crippen LogP contribution in [0.2, 0.25) is 0 Å². The molecule has 0 radical (unpaired) electrons. The van der Waals surface area contributed by atoms with E-state index in [0.717, 1.165) is 60.3 Å². The number of aromatic nitrogens is 1. The second-order valence-electron chi connectivity index (χ2n) is 18.2. The van der Waals surface area contributed by atoms with Crippen molar-refractivity contribution in [2.45, 2.75) is 50.8 Å². The van der Waals surface area contributed by atoms with Crippen LogP contribution in [0.3, 0.4) is 0 Å². The number of aliphatic hydroxyl groups is 1. The van der Waals surface area contributed by atoms with E-state index in [-0.39, 0.29) is 61.8 Å². The van der Waals surface area contributed by atoms with Gasteiger partial charge < -0.3 is 50.3 Å². The normalized spacial score (nSPS) is 16.8. The number of aromatic hydroxyl groups is 1. The molecule has 15 nitrogen and oxygen atoms in total. The van der Waals surface area contributed by atoms with Crippen molar-refractivity contribution in [2.24, 2.45) is 5.92 Å². The van der Waals surface area contributed by atoms with Crippen molar-refractivity contribution in [3.63, 3.8) is 0 Å². The predicted molar refractivity (Wildman–Crippen MR) is 274 cm³/mol. The highest BCUT2D eigenvalue weighted by molar-refractivity contribution is 5.90. The molecule has 1 unspecified atom stereocenters. The van der Waals surface area contributed by atoms with Gasteiger partial charge >= 0.3 is 18.1 Å². The number of piperidine rings is 3. The molecule has 72 heavy (non-hydrogen) atoms. The van der Waals surface area contributed by atoms with E-state index in [4.69, 9.17) is 14.2 Å². The summed E-state index contributed by atoms with van der Waals surface area (Å²) in [6.07, 6.45) is 0.654. The molecule has 3 aliphatic heterocycles. The number of rotatable bonds is 19.